The average Bonchev–Trinajstić information content (AvgIpc) is 3.65. The molecular weight excluding hydrogens is 823 g/mol. The Balaban J connectivity index is 2.33. The summed E-state index contributed by atoms with van der Waals surface area (Å²) in [6, 6.07) is -4.76. The Hall–Kier alpha value is -4.67. The molecule has 59 heavy (non-hydrogen) atoms. The molecule has 1 aromatic carbocycles. The number of halogens is 1. The molecule has 0 bridgehead atoms. The van der Waals surface area contributed by atoms with Crippen LogP contribution in [-0.2, 0) is 42.7 Å². The van der Waals surface area contributed by atoms with Crippen LogP contribution in [0.5, 0.6) is 0 Å². The zero-order chi connectivity index (χ0) is 44.6. The van der Waals surface area contributed by atoms with Gasteiger partial charge in [-0.3, -0.25) is 38.1 Å². The summed E-state index contributed by atoms with van der Waals surface area (Å²) < 4.78 is 29.9. The van der Waals surface area contributed by atoms with Crippen molar-refractivity contribution in [1.29, 1.82) is 0 Å². The molecule has 0 aromatic heterocycles. The number of phosphoric ester groups is 1. The molecule has 11 N–H and O–H groups in total. The number of hydrogen-bond acceptors (Lipinski definition) is 12. The molecular formula is C35H53FN7O14PS. The topological polar surface area (TPSA) is 333 Å². The second-order valence-corrected chi connectivity index (χ2v) is 16.3. The lowest BCUT2D eigenvalue weighted by atomic mass is 10.0. The number of likely N-dealkylation sites (tertiary alicyclic amines) is 1. The van der Waals surface area contributed by atoms with Crippen LogP contribution in [0, 0.1) is 11.7 Å². The van der Waals surface area contributed by atoms with E-state index in [2.05, 4.69) is 26.6 Å². The van der Waals surface area contributed by atoms with E-state index in [-0.39, 0.29) is 43.7 Å². The molecule has 1 heterocycles. The van der Waals surface area contributed by atoms with Crippen molar-refractivity contribution in [2.45, 2.75) is 102 Å². The number of carbonyl (C=O) groups excluding carboxylic acids is 7. The van der Waals surface area contributed by atoms with Gasteiger partial charge in [0.15, 0.2) is 0 Å². The Labute approximate surface area is 343 Å². The first-order valence-electron chi connectivity index (χ1n) is 18.5. The summed E-state index contributed by atoms with van der Waals surface area (Å²) in [5.41, 5.74) is 5.31. The van der Waals surface area contributed by atoms with Crippen LogP contribution in [0.3, 0.4) is 0 Å². The minimum Gasteiger partial charge on any atom is -0.480 e. The Bertz CT molecular complexity index is 1720. The van der Waals surface area contributed by atoms with Gasteiger partial charge in [0.05, 0.1) is 12.7 Å². The van der Waals surface area contributed by atoms with Crippen molar-refractivity contribution in [3.05, 3.63) is 35.6 Å². The first-order chi connectivity index (χ1) is 27.6. The lowest BCUT2D eigenvalue weighted by Gasteiger charge is -2.32. The number of nitrogens with two attached hydrogens (primary N) is 1. The molecule has 1 fully saturated rings. The number of aliphatic hydroxyl groups is 1. The maximum absolute atomic E-state index is 13.9. The highest BCUT2D eigenvalue weighted by atomic mass is 32.2. The van der Waals surface area contributed by atoms with Gasteiger partial charge in [-0.1, -0.05) is 13.8 Å². The van der Waals surface area contributed by atoms with Crippen molar-refractivity contribution in [2.75, 3.05) is 25.2 Å². The Kier molecular flexibility index (Phi) is 20.4. The number of thioether (sulfide) groups is 1. The van der Waals surface area contributed by atoms with Crippen molar-refractivity contribution >= 4 is 66.9 Å². The quantitative estimate of drug-likeness (QED) is 0.0528. The Morgan fingerprint density at radius 3 is 2.00 bits per heavy atom. The van der Waals surface area contributed by atoms with E-state index in [4.69, 9.17) is 10.3 Å². The Morgan fingerprint density at radius 2 is 1.47 bits per heavy atom. The van der Waals surface area contributed by atoms with Gasteiger partial charge in [0.1, 0.15) is 42.1 Å². The number of phosphoric acid groups is 1. The van der Waals surface area contributed by atoms with Crippen molar-refractivity contribution in [3.8, 4) is 0 Å². The first-order valence-corrected chi connectivity index (χ1v) is 21.4. The molecule has 7 amide bonds. The SMILES string of the molecule is CSCC[C@H](NC(=O)c1ccc([18F])cc1)C(=O)N[C@@H](CCC(N)=O)C(=O)N[C@@H](CO)C(=O)N[C@H](C(=O)N1CCC[C@H]1C(=O)N[C@@H](CC(C)C)C(=O)O)[C@@H](C)OP(=O)(O)O. The number of aliphatic hydroxyl groups excluding tert-OH is 1. The molecule has 7 atom stereocenters. The zero-order valence-electron chi connectivity index (χ0n) is 32.9. The van der Waals surface area contributed by atoms with Gasteiger partial charge in [0.2, 0.25) is 35.4 Å². The molecule has 0 saturated carbocycles. The number of carbonyl (C=O) groups is 8. The van der Waals surface area contributed by atoms with Gasteiger partial charge < -0.3 is 57.2 Å². The molecule has 0 radical (unpaired) electrons. The van der Waals surface area contributed by atoms with Gasteiger partial charge >= 0.3 is 13.8 Å². The maximum Gasteiger partial charge on any atom is 0.469 e. The molecule has 1 aromatic rings. The number of nitrogens with zero attached hydrogens (tertiary/aromatic N) is 1. The number of hydrogen-bond donors (Lipinski definition) is 10. The third-order valence-electron chi connectivity index (χ3n) is 8.96. The minimum absolute atomic E-state index is 0.0300. The highest BCUT2D eigenvalue weighted by Gasteiger charge is 2.43. The summed E-state index contributed by atoms with van der Waals surface area (Å²) in [5, 5.41) is 31.5. The summed E-state index contributed by atoms with van der Waals surface area (Å²) >= 11 is 1.34. The minimum atomic E-state index is -5.31. The summed E-state index contributed by atoms with van der Waals surface area (Å²) in [7, 11) is -5.31. The van der Waals surface area contributed by atoms with Crippen LogP contribution in [0.4, 0.5) is 4.39 Å². The smallest absolute Gasteiger partial charge is 0.469 e. The fraction of sp³-hybridized carbons (Fsp3) is 0.600. The third-order valence-corrected chi connectivity index (χ3v) is 10.2. The first kappa shape index (κ1) is 50.5. The van der Waals surface area contributed by atoms with E-state index in [9.17, 15) is 67.3 Å². The number of amides is 7. The van der Waals surface area contributed by atoms with Gasteiger partial charge in [-0.25, -0.2) is 13.8 Å². The predicted molar refractivity (Wildman–Crippen MR) is 208 cm³/mol. The van der Waals surface area contributed by atoms with Crippen molar-refractivity contribution in [3.63, 3.8) is 0 Å². The van der Waals surface area contributed by atoms with E-state index < -0.39 is 123 Å². The number of aliphatic carboxylic acids is 1. The van der Waals surface area contributed by atoms with Crippen LogP contribution < -0.4 is 32.3 Å². The van der Waals surface area contributed by atoms with Crippen LogP contribution in [0.2, 0.25) is 0 Å². The summed E-state index contributed by atoms with van der Waals surface area (Å²) in [6.07, 6.45) is -0.456. The molecule has 0 unspecified atom stereocenters. The maximum atomic E-state index is 13.9. The second kappa shape index (κ2) is 23.8. The van der Waals surface area contributed by atoms with E-state index in [0.717, 1.165) is 24.0 Å². The van der Waals surface area contributed by atoms with Gasteiger partial charge in [-0.05, 0) is 81.2 Å². The van der Waals surface area contributed by atoms with Crippen LogP contribution in [0.25, 0.3) is 0 Å². The van der Waals surface area contributed by atoms with Crippen molar-refractivity contribution < 1.29 is 71.8 Å². The van der Waals surface area contributed by atoms with Crippen LogP contribution in [-0.4, -0.2) is 140 Å². The zero-order valence-corrected chi connectivity index (χ0v) is 34.6. The molecule has 24 heteroatoms. The van der Waals surface area contributed by atoms with E-state index in [1.807, 2.05) is 0 Å². The number of carboxylic acids is 1. The molecule has 1 aliphatic heterocycles. The van der Waals surface area contributed by atoms with E-state index in [1.54, 1.807) is 20.1 Å². The largest absolute Gasteiger partial charge is 0.480 e. The third kappa shape index (κ3) is 16.8. The van der Waals surface area contributed by atoms with Crippen LogP contribution >= 0.6 is 19.6 Å². The van der Waals surface area contributed by atoms with Crippen molar-refractivity contribution in [1.82, 2.24) is 31.5 Å². The normalized spacial score (nSPS) is 17.1. The fourth-order valence-electron chi connectivity index (χ4n) is 6.00. The molecule has 1 aliphatic rings. The van der Waals surface area contributed by atoms with Crippen LogP contribution in [0.1, 0.15) is 69.7 Å². The summed E-state index contributed by atoms with van der Waals surface area (Å²) in [5.74, 6) is -8.48. The van der Waals surface area contributed by atoms with Gasteiger partial charge in [-0.2, -0.15) is 11.8 Å². The number of primary amides is 1. The van der Waals surface area contributed by atoms with Gasteiger partial charge in [-0.15, -0.1) is 0 Å². The second-order valence-electron chi connectivity index (χ2n) is 14.1. The Morgan fingerprint density at radius 1 is 0.898 bits per heavy atom. The predicted octanol–water partition coefficient (Wildman–Crippen LogP) is -1.51. The molecule has 0 aliphatic carbocycles. The monoisotopic (exact) mass is 876 g/mol. The number of benzene rings is 1. The highest BCUT2D eigenvalue weighted by Crippen LogP contribution is 2.38. The average molecular weight is 877 g/mol. The lowest BCUT2D eigenvalue weighted by Crippen LogP contribution is -2.62. The summed E-state index contributed by atoms with van der Waals surface area (Å²) in [4.78, 5) is 124. The number of carboxylic acid groups (broad SMARTS) is 1. The fourth-order valence-corrected chi connectivity index (χ4v) is 7.02. The number of rotatable bonds is 24. The lowest BCUT2D eigenvalue weighted by molar-refractivity contribution is -0.146. The molecule has 0 spiro atoms. The summed E-state index contributed by atoms with van der Waals surface area (Å²) in [6.45, 7) is 3.30. The molecule has 1 saturated heterocycles. The number of nitrogens with one attached hydrogen (secondary N) is 5. The van der Waals surface area contributed by atoms with E-state index in [0.29, 0.717) is 5.75 Å². The molecule has 330 valence electrons. The van der Waals surface area contributed by atoms with Crippen molar-refractivity contribution in [2.24, 2.45) is 11.7 Å². The van der Waals surface area contributed by atoms with E-state index in [1.165, 1.54) is 23.9 Å². The highest BCUT2D eigenvalue weighted by molar-refractivity contribution is 7.98. The van der Waals surface area contributed by atoms with E-state index >= 15 is 0 Å². The standard InChI is InChI=1S/C35H53FN7O14PS/c1-18(2)16-24(35(52)53)40-33(50)26-6-5-14-43(26)34(51)28(19(3)57-58(54,55)56)42-32(49)25(17-44)41-30(47)22(11-12-27(37)45)39-31(48)23(13-15-59-4)38-29(46)20-7-9-21(36)10-8-20/h7-10,18-19,22-26,28,44H,5-6,11-17H2,1-4H3,(H2,37,45)(H,38,46)(H,39,48)(H,40,50)(H,41,47)(H,42,49)(H,52,53)(H2,54,55,56)/t19-,22+,23+,24+,25+,26+,28+/m1/s1/i36-1. The van der Waals surface area contributed by atoms with Gasteiger partial charge in [0.25, 0.3) is 5.91 Å². The molecule has 21 nitrogen and oxygen atoms in total. The van der Waals surface area contributed by atoms with Crippen LogP contribution in [0.15, 0.2) is 24.3 Å². The molecule has 2 rings (SSSR count). The van der Waals surface area contributed by atoms with Gasteiger partial charge in [0, 0.05) is 18.5 Å².